The fourth-order valence-corrected chi connectivity index (χ4v) is 3.54. The molecule has 0 unspecified atom stereocenters. The summed E-state index contributed by atoms with van der Waals surface area (Å²) in [5, 5.41) is 0. The lowest BCUT2D eigenvalue weighted by molar-refractivity contribution is 0.257. The Bertz CT molecular complexity index is 190. The van der Waals surface area contributed by atoms with Crippen LogP contribution in [0.4, 0.5) is 0 Å². The Morgan fingerprint density at radius 3 is 1.48 bits per heavy atom. The molecule has 1 heterocycles. The SMILES string of the molecule is CCCCCCCCCCN1CCCCCCCCCC1. The number of hydrogen-bond acceptors (Lipinski definition) is 1. The molecule has 21 heavy (non-hydrogen) atoms. The van der Waals surface area contributed by atoms with Crippen LogP contribution in [0.5, 0.6) is 0 Å². The maximum atomic E-state index is 2.77. The van der Waals surface area contributed by atoms with Gasteiger partial charge in [0, 0.05) is 0 Å². The molecule has 0 saturated carbocycles. The van der Waals surface area contributed by atoms with Crippen LogP contribution in [0.25, 0.3) is 0 Å². The minimum atomic E-state index is 1.37. The largest absolute Gasteiger partial charge is 0.303 e. The van der Waals surface area contributed by atoms with Gasteiger partial charge in [-0.25, -0.2) is 0 Å². The van der Waals surface area contributed by atoms with E-state index in [-0.39, 0.29) is 0 Å². The summed E-state index contributed by atoms with van der Waals surface area (Å²) < 4.78 is 0. The van der Waals surface area contributed by atoms with E-state index < -0.39 is 0 Å². The van der Waals surface area contributed by atoms with Crippen LogP contribution in [0, 0.1) is 0 Å². The van der Waals surface area contributed by atoms with Gasteiger partial charge in [0.1, 0.15) is 0 Å². The molecule has 0 aromatic carbocycles. The van der Waals surface area contributed by atoms with Crippen molar-refractivity contribution in [3.05, 3.63) is 0 Å². The molecular formula is C20H41N. The number of hydrogen-bond donors (Lipinski definition) is 0. The third-order valence-electron chi connectivity index (χ3n) is 5.03. The van der Waals surface area contributed by atoms with Crippen molar-refractivity contribution < 1.29 is 0 Å². The molecule has 0 aromatic rings. The Kier molecular flexibility index (Phi) is 13.5. The molecule has 1 aliphatic heterocycles. The maximum Gasteiger partial charge on any atom is -0.00187 e. The Morgan fingerprint density at radius 2 is 0.952 bits per heavy atom. The molecular weight excluding hydrogens is 254 g/mol. The number of rotatable bonds is 9. The Hall–Kier alpha value is -0.0400. The van der Waals surface area contributed by atoms with Gasteiger partial charge in [-0.2, -0.15) is 0 Å². The van der Waals surface area contributed by atoms with Crippen molar-refractivity contribution in [2.24, 2.45) is 0 Å². The second-order valence-corrected chi connectivity index (χ2v) is 7.14. The smallest absolute Gasteiger partial charge is 0.00187 e. The van der Waals surface area contributed by atoms with Crippen LogP contribution >= 0.6 is 0 Å². The molecule has 0 amide bonds. The highest BCUT2D eigenvalue weighted by Gasteiger charge is 2.06. The van der Waals surface area contributed by atoms with E-state index >= 15 is 0 Å². The Labute approximate surface area is 134 Å². The molecule has 0 radical (unpaired) electrons. The second kappa shape index (κ2) is 14.9. The van der Waals surface area contributed by atoms with E-state index in [1.54, 1.807) is 0 Å². The van der Waals surface area contributed by atoms with E-state index in [9.17, 15) is 0 Å². The third-order valence-corrected chi connectivity index (χ3v) is 5.03. The van der Waals surface area contributed by atoms with E-state index in [0.29, 0.717) is 0 Å². The molecule has 0 atom stereocenters. The third kappa shape index (κ3) is 12.2. The van der Waals surface area contributed by atoms with Crippen molar-refractivity contribution in [3.8, 4) is 0 Å². The zero-order chi connectivity index (χ0) is 15.0. The highest BCUT2D eigenvalue weighted by Crippen LogP contribution is 2.13. The van der Waals surface area contributed by atoms with Crippen LogP contribution in [-0.2, 0) is 0 Å². The molecule has 1 aliphatic rings. The maximum absolute atomic E-state index is 2.77. The van der Waals surface area contributed by atoms with Crippen LogP contribution < -0.4 is 0 Å². The van der Waals surface area contributed by atoms with Gasteiger partial charge in [-0.15, -0.1) is 0 Å². The van der Waals surface area contributed by atoms with Gasteiger partial charge in [-0.05, 0) is 38.9 Å². The van der Waals surface area contributed by atoms with Crippen molar-refractivity contribution in [1.29, 1.82) is 0 Å². The van der Waals surface area contributed by atoms with Gasteiger partial charge in [-0.3, -0.25) is 0 Å². The van der Waals surface area contributed by atoms with Crippen molar-refractivity contribution in [1.82, 2.24) is 4.90 Å². The van der Waals surface area contributed by atoms with Crippen LogP contribution in [0.3, 0.4) is 0 Å². The topological polar surface area (TPSA) is 3.24 Å². The molecule has 0 N–H and O–H groups in total. The molecule has 0 aliphatic carbocycles. The minimum Gasteiger partial charge on any atom is -0.303 e. The minimum absolute atomic E-state index is 1.37. The van der Waals surface area contributed by atoms with Crippen LogP contribution in [0.1, 0.15) is 110 Å². The lowest BCUT2D eigenvalue weighted by Gasteiger charge is -2.22. The molecule has 0 spiro atoms. The van der Waals surface area contributed by atoms with Gasteiger partial charge < -0.3 is 4.90 Å². The zero-order valence-corrected chi connectivity index (χ0v) is 14.9. The van der Waals surface area contributed by atoms with Gasteiger partial charge in [0.2, 0.25) is 0 Å². The molecule has 1 fully saturated rings. The quantitative estimate of drug-likeness (QED) is 0.435. The summed E-state index contributed by atoms with van der Waals surface area (Å²) in [6.07, 6.45) is 23.3. The first kappa shape index (κ1) is 19.0. The zero-order valence-electron chi connectivity index (χ0n) is 14.9. The van der Waals surface area contributed by atoms with Crippen molar-refractivity contribution in [2.75, 3.05) is 19.6 Å². The first-order valence-corrected chi connectivity index (χ1v) is 10.2. The fourth-order valence-electron chi connectivity index (χ4n) is 3.54. The summed E-state index contributed by atoms with van der Waals surface area (Å²) in [5.41, 5.74) is 0. The highest BCUT2D eigenvalue weighted by atomic mass is 15.1. The normalized spacial score (nSPS) is 19.3. The number of nitrogens with zero attached hydrogens (tertiary/aromatic N) is 1. The lowest BCUT2D eigenvalue weighted by Crippen LogP contribution is -2.27. The molecule has 1 heteroatoms. The fraction of sp³-hybridized carbons (Fsp3) is 1.00. The number of unbranched alkanes of at least 4 members (excludes halogenated alkanes) is 7. The average Bonchev–Trinajstić information content (AvgIpc) is 2.56. The van der Waals surface area contributed by atoms with Gasteiger partial charge in [-0.1, -0.05) is 90.4 Å². The first-order valence-electron chi connectivity index (χ1n) is 10.2. The van der Waals surface area contributed by atoms with Gasteiger partial charge in [0.15, 0.2) is 0 Å². The predicted molar refractivity (Wildman–Crippen MR) is 96.0 cm³/mol. The summed E-state index contributed by atoms with van der Waals surface area (Å²) in [6.45, 7) is 6.41. The van der Waals surface area contributed by atoms with E-state index in [2.05, 4.69) is 11.8 Å². The summed E-state index contributed by atoms with van der Waals surface area (Å²) in [4.78, 5) is 2.77. The standard InChI is InChI=1S/C20H41N/c1-2-3-4-5-6-9-12-15-18-21-19-16-13-10-7-8-11-14-17-20-21/h2-20H2,1H3. The molecule has 1 rings (SSSR count). The summed E-state index contributed by atoms with van der Waals surface area (Å²) in [6, 6.07) is 0. The van der Waals surface area contributed by atoms with E-state index in [1.807, 2.05) is 0 Å². The van der Waals surface area contributed by atoms with Crippen LogP contribution in [0.15, 0.2) is 0 Å². The lowest BCUT2D eigenvalue weighted by atomic mass is 10.1. The molecule has 0 aromatic heterocycles. The van der Waals surface area contributed by atoms with E-state index in [1.165, 1.54) is 122 Å². The van der Waals surface area contributed by atoms with E-state index in [0.717, 1.165) is 0 Å². The highest BCUT2D eigenvalue weighted by molar-refractivity contribution is 4.61. The Morgan fingerprint density at radius 1 is 0.524 bits per heavy atom. The van der Waals surface area contributed by atoms with Crippen LogP contribution in [-0.4, -0.2) is 24.5 Å². The summed E-state index contributed by atoms with van der Waals surface area (Å²) in [5.74, 6) is 0. The molecule has 126 valence electrons. The van der Waals surface area contributed by atoms with Crippen LogP contribution in [0.2, 0.25) is 0 Å². The molecule has 0 bridgehead atoms. The summed E-state index contributed by atoms with van der Waals surface area (Å²) in [7, 11) is 0. The average molecular weight is 296 g/mol. The monoisotopic (exact) mass is 295 g/mol. The first-order chi connectivity index (χ1) is 10.4. The predicted octanol–water partition coefficient (Wildman–Crippen LogP) is 6.56. The summed E-state index contributed by atoms with van der Waals surface area (Å²) >= 11 is 0. The Balaban J connectivity index is 1.99. The van der Waals surface area contributed by atoms with E-state index in [4.69, 9.17) is 0 Å². The van der Waals surface area contributed by atoms with Crippen molar-refractivity contribution >= 4 is 0 Å². The molecule has 1 saturated heterocycles. The van der Waals surface area contributed by atoms with Gasteiger partial charge >= 0.3 is 0 Å². The van der Waals surface area contributed by atoms with Crippen molar-refractivity contribution in [3.63, 3.8) is 0 Å². The van der Waals surface area contributed by atoms with Gasteiger partial charge in [0.05, 0.1) is 0 Å². The van der Waals surface area contributed by atoms with Gasteiger partial charge in [0.25, 0.3) is 0 Å². The second-order valence-electron chi connectivity index (χ2n) is 7.14. The molecule has 1 nitrogen and oxygen atoms in total. The van der Waals surface area contributed by atoms with Crippen molar-refractivity contribution in [2.45, 2.75) is 110 Å².